The molecule has 0 aromatic heterocycles. The molecule has 0 aliphatic heterocycles. The minimum Gasteiger partial charge on any atom is -0.407 e. The van der Waals surface area contributed by atoms with Gasteiger partial charge in [0.2, 0.25) is 0 Å². The molecule has 0 saturated heterocycles. The van der Waals surface area contributed by atoms with E-state index in [1.165, 1.54) is 0 Å². The smallest absolute Gasteiger partial charge is 0.407 e. The predicted molar refractivity (Wildman–Crippen MR) is 80.4 cm³/mol. The largest absolute Gasteiger partial charge is 0.412 e. The van der Waals surface area contributed by atoms with Crippen molar-refractivity contribution < 1.29 is 9.53 Å². The number of carbonyl (C=O) groups is 1. The van der Waals surface area contributed by atoms with E-state index >= 15 is 0 Å². The second kappa shape index (κ2) is 7.65. The highest BCUT2D eigenvalue weighted by atomic mass is 35.5. The van der Waals surface area contributed by atoms with E-state index in [4.69, 9.17) is 62.7 Å². The van der Waals surface area contributed by atoms with E-state index in [1.807, 2.05) is 6.92 Å². The number of rotatable bonds is 4. The minimum atomic E-state index is -0.688. The summed E-state index contributed by atoms with van der Waals surface area (Å²) >= 11 is 29.3. The van der Waals surface area contributed by atoms with Crippen LogP contribution in [-0.4, -0.2) is 12.6 Å². The van der Waals surface area contributed by atoms with Crippen LogP contribution in [0.3, 0.4) is 0 Å². The molecule has 1 rings (SSSR count). The molecule has 3 nitrogen and oxygen atoms in total. The molecule has 0 heterocycles. The van der Waals surface area contributed by atoms with Crippen LogP contribution in [0.2, 0.25) is 25.1 Å². The summed E-state index contributed by atoms with van der Waals surface area (Å²) in [5.74, 6) is -0.114. The lowest BCUT2D eigenvalue weighted by Crippen LogP contribution is -2.27. The number of unbranched alkanes of at least 4 members (excludes halogenated alkanes) is 1. The first-order chi connectivity index (χ1) is 8.90. The van der Waals surface area contributed by atoms with E-state index in [-0.39, 0.29) is 30.9 Å². The number of hydrogen-bond acceptors (Lipinski definition) is 2. The highest BCUT2D eigenvalue weighted by Gasteiger charge is 2.22. The predicted octanol–water partition coefficient (Wildman–Crippen LogP) is 5.84. The first kappa shape index (κ1) is 17.0. The van der Waals surface area contributed by atoms with Crippen LogP contribution in [0.15, 0.2) is 0 Å². The fraction of sp³-hybridized carbons (Fsp3) is 0.364. The Labute approximate surface area is 136 Å². The quantitative estimate of drug-likeness (QED) is 0.413. The molecule has 19 heavy (non-hydrogen) atoms. The van der Waals surface area contributed by atoms with Gasteiger partial charge in [0, 0.05) is 6.54 Å². The first-order valence-corrected chi connectivity index (χ1v) is 7.26. The molecule has 1 N–H and O–H groups in total. The maximum atomic E-state index is 11.5. The molecule has 8 heteroatoms. The van der Waals surface area contributed by atoms with Crippen molar-refractivity contribution in [2.75, 3.05) is 6.54 Å². The summed E-state index contributed by atoms with van der Waals surface area (Å²) < 4.78 is 5.00. The van der Waals surface area contributed by atoms with Crippen LogP contribution in [0.5, 0.6) is 5.75 Å². The SMILES string of the molecule is CCCCNC(=O)Oc1c(Cl)c(Cl)c(Cl)c(Cl)c1Cl. The van der Waals surface area contributed by atoms with Crippen LogP contribution < -0.4 is 10.1 Å². The molecule has 0 spiro atoms. The lowest BCUT2D eigenvalue weighted by Gasteiger charge is -2.12. The van der Waals surface area contributed by atoms with Crippen molar-refractivity contribution in [2.24, 2.45) is 0 Å². The highest BCUT2D eigenvalue weighted by Crippen LogP contribution is 2.48. The Morgan fingerprint density at radius 1 is 1.00 bits per heavy atom. The molecular formula is C11H10Cl5NO2. The lowest BCUT2D eigenvalue weighted by molar-refractivity contribution is 0.200. The van der Waals surface area contributed by atoms with E-state index in [0.29, 0.717) is 6.54 Å². The molecule has 0 radical (unpaired) electrons. The molecule has 1 aromatic rings. The zero-order valence-corrected chi connectivity index (χ0v) is 13.6. The standard InChI is InChI=1S/C11H10Cl5NO2/c1-2-3-4-17-11(18)19-10-8(15)6(13)5(12)7(14)9(10)16/h2-4H2,1H3,(H,17,18). The van der Waals surface area contributed by atoms with Crippen LogP contribution in [0.4, 0.5) is 4.79 Å². The fourth-order valence-corrected chi connectivity index (χ4v) is 2.37. The second-order valence-corrected chi connectivity index (χ2v) is 5.46. The zero-order valence-electron chi connectivity index (χ0n) is 9.83. The summed E-state index contributed by atoms with van der Waals surface area (Å²) in [6.07, 6.45) is 1.09. The molecular weight excluding hydrogens is 355 g/mol. The van der Waals surface area contributed by atoms with Crippen LogP contribution in [0.25, 0.3) is 0 Å². The number of ether oxygens (including phenoxy) is 1. The Balaban J connectivity index is 2.93. The fourth-order valence-electron chi connectivity index (χ4n) is 1.17. The van der Waals surface area contributed by atoms with Crippen molar-refractivity contribution in [1.29, 1.82) is 0 Å². The van der Waals surface area contributed by atoms with E-state index in [9.17, 15) is 4.79 Å². The second-order valence-electron chi connectivity index (χ2n) is 3.57. The Hall–Kier alpha value is -0.0600. The Kier molecular flexibility index (Phi) is 6.84. The third-order valence-electron chi connectivity index (χ3n) is 2.16. The van der Waals surface area contributed by atoms with Gasteiger partial charge in [-0.2, -0.15) is 0 Å². The van der Waals surface area contributed by atoms with E-state index in [2.05, 4.69) is 5.32 Å². The maximum absolute atomic E-state index is 11.5. The Bertz CT molecular complexity index is 463. The molecule has 0 saturated carbocycles. The van der Waals surface area contributed by atoms with Crippen LogP contribution in [0.1, 0.15) is 19.8 Å². The van der Waals surface area contributed by atoms with Gasteiger partial charge in [0.05, 0.1) is 15.1 Å². The van der Waals surface area contributed by atoms with E-state index < -0.39 is 6.09 Å². The molecule has 0 aliphatic carbocycles. The number of halogens is 5. The van der Waals surface area contributed by atoms with Gasteiger partial charge in [0.15, 0.2) is 5.75 Å². The third kappa shape index (κ3) is 4.20. The molecule has 106 valence electrons. The topological polar surface area (TPSA) is 38.3 Å². The summed E-state index contributed by atoms with van der Waals surface area (Å²) in [5, 5.41) is 2.39. The van der Waals surface area contributed by atoms with Gasteiger partial charge in [-0.3, -0.25) is 0 Å². The van der Waals surface area contributed by atoms with E-state index in [1.54, 1.807) is 0 Å². The Morgan fingerprint density at radius 3 is 1.95 bits per heavy atom. The average molecular weight is 365 g/mol. The lowest BCUT2D eigenvalue weighted by atomic mass is 10.3. The normalized spacial score (nSPS) is 10.4. The maximum Gasteiger partial charge on any atom is 0.412 e. The van der Waals surface area contributed by atoms with Gasteiger partial charge in [-0.05, 0) is 6.42 Å². The first-order valence-electron chi connectivity index (χ1n) is 5.37. The van der Waals surface area contributed by atoms with E-state index in [0.717, 1.165) is 12.8 Å². The zero-order chi connectivity index (χ0) is 14.6. The summed E-state index contributed by atoms with van der Waals surface area (Å²) in [6.45, 7) is 2.49. The van der Waals surface area contributed by atoms with Gasteiger partial charge >= 0.3 is 6.09 Å². The highest BCUT2D eigenvalue weighted by molar-refractivity contribution is 6.55. The van der Waals surface area contributed by atoms with Gasteiger partial charge in [0.25, 0.3) is 0 Å². The van der Waals surface area contributed by atoms with Crippen molar-refractivity contribution in [1.82, 2.24) is 5.32 Å². The van der Waals surface area contributed by atoms with Crippen molar-refractivity contribution >= 4 is 64.1 Å². The summed E-state index contributed by atoms with van der Waals surface area (Å²) in [6, 6.07) is 0. The minimum absolute atomic E-state index is 0.0112. The number of benzene rings is 1. The summed E-state index contributed by atoms with van der Waals surface area (Å²) in [5.41, 5.74) is 0. The van der Waals surface area contributed by atoms with Gasteiger partial charge in [-0.15, -0.1) is 0 Å². The number of amides is 1. The molecule has 0 bridgehead atoms. The van der Waals surface area contributed by atoms with Crippen molar-refractivity contribution in [3.63, 3.8) is 0 Å². The number of nitrogens with one attached hydrogen (secondary N) is 1. The molecule has 0 fully saturated rings. The molecule has 0 unspecified atom stereocenters. The van der Waals surface area contributed by atoms with Gasteiger partial charge in [-0.25, -0.2) is 4.79 Å². The summed E-state index contributed by atoms with van der Waals surface area (Å²) in [7, 11) is 0. The molecule has 0 atom stereocenters. The third-order valence-corrected chi connectivity index (χ3v) is 4.41. The number of hydrogen-bond donors (Lipinski definition) is 1. The Morgan fingerprint density at radius 2 is 1.47 bits per heavy atom. The summed E-state index contributed by atoms with van der Waals surface area (Å²) in [4.78, 5) is 11.5. The van der Waals surface area contributed by atoms with Crippen molar-refractivity contribution in [3.05, 3.63) is 25.1 Å². The number of carbonyl (C=O) groups excluding carboxylic acids is 1. The van der Waals surface area contributed by atoms with Gasteiger partial charge < -0.3 is 10.1 Å². The van der Waals surface area contributed by atoms with Crippen molar-refractivity contribution in [3.8, 4) is 5.75 Å². The van der Waals surface area contributed by atoms with Gasteiger partial charge in [0.1, 0.15) is 10.0 Å². The van der Waals surface area contributed by atoms with Crippen LogP contribution >= 0.6 is 58.0 Å². The molecule has 1 amide bonds. The van der Waals surface area contributed by atoms with Crippen LogP contribution in [0, 0.1) is 0 Å². The molecule has 1 aromatic carbocycles. The van der Waals surface area contributed by atoms with Crippen molar-refractivity contribution in [2.45, 2.75) is 19.8 Å². The van der Waals surface area contributed by atoms with Gasteiger partial charge in [-0.1, -0.05) is 71.3 Å². The van der Waals surface area contributed by atoms with Crippen LogP contribution in [-0.2, 0) is 0 Å². The monoisotopic (exact) mass is 363 g/mol. The molecule has 0 aliphatic rings. The average Bonchev–Trinajstić information content (AvgIpc) is 2.39.